The van der Waals surface area contributed by atoms with Crippen LogP contribution in [-0.2, 0) is 32.0 Å². The first-order valence-electron chi connectivity index (χ1n) is 11.9. The average Bonchev–Trinajstić information content (AvgIpc) is 3.49. The van der Waals surface area contributed by atoms with Crippen LogP contribution in [0.1, 0.15) is 17.5 Å². The number of amides is 2. The summed E-state index contributed by atoms with van der Waals surface area (Å²) in [5, 5.41) is 0. The predicted molar refractivity (Wildman–Crippen MR) is 131 cm³/mol. The summed E-state index contributed by atoms with van der Waals surface area (Å²) in [7, 11) is 0. The molecule has 0 spiro atoms. The molecule has 2 amide bonds. The number of anilines is 3. The van der Waals surface area contributed by atoms with Crippen molar-refractivity contribution in [2.45, 2.75) is 19.3 Å². The molecule has 0 saturated carbocycles. The maximum Gasteiger partial charge on any atom is 0.311 e. The largest absolute Gasteiger partial charge is 0.455 e. The number of esters is 1. The Morgan fingerprint density at radius 2 is 1.56 bits per heavy atom. The number of rotatable bonds is 4. The first-order valence-corrected chi connectivity index (χ1v) is 11.9. The molecule has 3 aromatic carbocycles. The number of carbonyl (C=O) groups excluding carboxylic acids is 3. The Balaban J connectivity index is 1.16. The topological polar surface area (TPSA) is 85.4 Å². The minimum absolute atomic E-state index is 0.0246. The molecule has 1 atom stereocenters. The molecule has 3 aliphatic rings. The van der Waals surface area contributed by atoms with Crippen LogP contribution in [0.15, 0.2) is 66.7 Å². The van der Waals surface area contributed by atoms with Gasteiger partial charge >= 0.3 is 5.97 Å². The van der Waals surface area contributed by atoms with Gasteiger partial charge in [0.05, 0.1) is 17.3 Å². The Hall–Kier alpha value is -4.33. The molecule has 3 aromatic rings. The highest BCUT2D eigenvalue weighted by molar-refractivity contribution is 6.04. The van der Waals surface area contributed by atoms with E-state index in [0.717, 1.165) is 35.3 Å². The van der Waals surface area contributed by atoms with E-state index in [0.29, 0.717) is 17.2 Å². The van der Waals surface area contributed by atoms with Crippen molar-refractivity contribution in [2.75, 3.05) is 29.7 Å². The molecule has 0 bridgehead atoms. The summed E-state index contributed by atoms with van der Waals surface area (Å²) in [5.74, 6) is -0.540. The second-order valence-corrected chi connectivity index (χ2v) is 9.04. The number of aryl methyl sites for hydroxylation is 2. The smallest absolute Gasteiger partial charge is 0.311 e. The predicted octanol–water partition coefficient (Wildman–Crippen LogP) is 3.77. The highest BCUT2D eigenvalue weighted by Gasteiger charge is 2.37. The van der Waals surface area contributed by atoms with Gasteiger partial charge in [0, 0.05) is 24.7 Å². The van der Waals surface area contributed by atoms with Crippen LogP contribution < -0.4 is 19.3 Å². The molecule has 8 heteroatoms. The zero-order chi connectivity index (χ0) is 24.6. The monoisotopic (exact) mass is 484 g/mol. The summed E-state index contributed by atoms with van der Waals surface area (Å²) < 4.78 is 16.2. The summed E-state index contributed by atoms with van der Waals surface area (Å²) in [4.78, 5) is 42.1. The quantitative estimate of drug-likeness (QED) is 0.524. The van der Waals surface area contributed by atoms with Crippen molar-refractivity contribution in [3.63, 3.8) is 0 Å². The molecular weight excluding hydrogens is 460 g/mol. The standard InChI is InChI=1S/C28H24N2O6/c31-26-13-20(15-29(26)21-11-12-24-25(14-21)36-17-35-24)28(33)34-16-27(32)30-22-7-3-1-5-18(22)9-10-19-6-2-4-8-23(19)30/h1-8,11-12,14,20H,9-10,13,15-17H2. The summed E-state index contributed by atoms with van der Waals surface area (Å²) >= 11 is 0. The molecule has 0 aliphatic carbocycles. The molecule has 0 radical (unpaired) electrons. The Morgan fingerprint density at radius 3 is 2.28 bits per heavy atom. The lowest BCUT2D eigenvalue weighted by Crippen LogP contribution is -2.33. The van der Waals surface area contributed by atoms with Crippen molar-refractivity contribution in [1.82, 2.24) is 0 Å². The maximum absolute atomic E-state index is 13.4. The summed E-state index contributed by atoms with van der Waals surface area (Å²) in [6.45, 7) is -0.0845. The van der Waals surface area contributed by atoms with E-state index in [1.165, 1.54) is 4.90 Å². The Morgan fingerprint density at radius 1 is 0.889 bits per heavy atom. The summed E-state index contributed by atoms with van der Waals surface area (Å²) in [6.07, 6.45) is 1.66. The molecule has 36 heavy (non-hydrogen) atoms. The van der Waals surface area contributed by atoms with E-state index in [9.17, 15) is 14.4 Å². The number of hydrogen-bond donors (Lipinski definition) is 0. The molecule has 0 N–H and O–H groups in total. The van der Waals surface area contributed by atoms with Crippen LogP contribution >= 0.6 is 0 Å². The van der Waals surface area contributed by atoms with Crippen LogP contribution in [0.25, 0.3) is 0 Å². The molecular formula is C28H24N2O6. The number of benzene rings is 3. The van der Waals surface area contributed by atoms with Crippen LogP contribution in [0.4, 0.5) is 17.1 Å². The molecule has 1 unspecified atom stereocenters. The summed E-state index contributed by atoms with van der Waals surface area (Å²) in [5.41, 5.74) is 4.36. The van der Waals surface area contributed by atoms with Gasteiger partial charge in [-0.05, 0) is 48.2 Å². The zero-order valence-electron chi connectivity index (χ0n) is 19.5. The lowest BCUT2D eigenvalue weighted by Gasteiger charge is -2.25. The number of carbonyl (C=O) groups is 3. The highest BCUT2D eigenvalue weighted by atomic mass is 16.7. The number of para-hydroxylation sites is 2. The van der Waals surface area contributed by atoms with Crippen molar-refractivity contribution in [1.29, 1.82) is 0 Å². The molecule has 0 aromatic heterocycles. The van der Waals surface area contributed by atoms with Crippen molar-refractivity contribution in [3.05, 3.63) is 77.9 Å². The van der Waals surface area contributed by atoms with Gasteiger partial charge in [-0.3, -0.25) is 19.3 Å². The van der Waals surface area contributed by atoms with Crippen molar-refractivity contribution in [2.24, 2.45) is 5.92 Å². The number of nitrogens with zero attached hydrogens (tertiary/aromatic N) is 2. The molecule has 3 heterocycles. The van der Waals surface area contributed by atoms with Crippen molar-refractivity contribution >= 4 is 34.8 Å². The fourth-order valence-electron chi connectivity index (χ4n) is 5.03. The second kappa shape index (κ2) is 9.03. The SMILES string of the molecule is O=C(OCC(=O)N1c2ccccc2CCc2ccccc21)C1CC(=O)N(c2ccc3c(c2)OCO3)C1. The van der Waals surface area contributed by atoms with E-state index >= 15 is 0 Å². The van der Waals surface area contributed by atoms with Crippen LogP contribution in [0.5, 0.6) is 11.5 Å². The average molecular weight is 485 g/mol. The van der Waals surface area contributed by atoms with Crippen LogP contribution in [-0.4, -0.2) is 37.7 Å². The first kappa shape index (κ1) is 22.2. The Bertz CT molecular complexity index is 1320. The third-order valence-corrected chi connectivity index (χ3v) is 6.84. The molecule has 3 aliphatic heterocycles. The van der Waals surface area contributed by atoms with Gasteiger partial charge in [0.1, 0.15) is 0 Å². The van der Waals surface area contributed by atoms with Gasteiger partial charge in [0.2, 0.25) is 12.7 Å². The van der Waals surface area contributed by atoms with Gasteiger partial charge in [-0.2, -0.15) is 0 Å². The van der Waals surface area contributed by atoms with Crippen LogP contribution in [0, 0.1) is 5.92 Å². The maximum atomic E-state index is 13.4. The van der Waals surface area contributed by atoms with E-state index in [2.05, 4.69) is 0 Å². The second-order valence-electron chi connectivity index (χ2n) is 9.04. The number of ether oxygens (including phenoxy) is 3. The van der Waals surface area contributed by atoms with Gasteiger partial charge < -0.3 is 19.1 Å². The van der Waals surface area contributed by atoms with Gasteiger partial charge in [-0.1, -0.05) is 36.4 Å². The third-order valence-electron chi connectivity index (χ3n) is 6.84. The molecule has 8 nitrogen and oxygen atoms in total. The van der Waals surface area contributed by atoms with Gasteiger partial charge in [0.25, 0.3) is 5.91 Å². The lowest BCUT2D eigenvalue weighted by atomic mass is 10.0. The molecule has 6 rings (SSSR count). The Labute approximate surface area is 208 Å². The minimum Gasteiger partial charge on any atom is -0.455 e. The fourth-order valence-corrected chi connectivity index (χ4v) is 5.03. The number of fused-ring (bicyclic) bond motifs is 3. The summed E-state index contributed by atoms with van der Waals surface area (Å²) in [6, 6.07) is 20.8. The van der Waals surface area contributed by atoms with E-state index in [1.54, 1.807) is 23.1 Å². The fraction of sp³-hybridized carbons (Fsp3) is 0.250. The zero-order valence-corrected chi connectivity index (χ0v) is 19.5. The van der Waals surface area contributed by atoms with E-state index in [1.807, 2.05) is 48.5 Å². The Kier molecular flexibility index (Phi) is 5.56. The minimum atomic E-state index is -0.653. The first-order chi connectivity index (χ1) is 17.6. The van der Waals surface area contributed by atoms with E-state index in [4.69, 9.17) is 14.2 Å². The number of hydrogen-bond acceptors (Lipinski definition) is 6. The normalized spacial score (nSPS) is 17.9. The van der Waals surface area contributed by atoms with E-state index < -0.39 is 18.5 Å². The lowest BCUT2D eigenvalue weighted by molar-refractivity contribution is -0.151. The van der Waals surface area contributed by atoms with Gasteiger partial charge in [0.15, 0.2) is 18.1 Å². The third kappa shape index (κ3) is 3.94. The highest BCUT2D eigenvalue weighted by Crippen LogP contribution is 2.38. The molecule has 1 fully saturated rings. The van der Waals surface area contributed by atoms with Crippen LogP contribution in [0.2, 0.25) is 0 Å². The van der Waals surface area contributed by atoms with Crippen molar-refractivity contribution in [3.8, 4) is 11.5 Å². The van der Waals surface area contributed by atoms with Crippen LogP contribution in [0.3, 0.4) is 0 Å². The molecule has 1 saturated heterocycles. The van der Waals surface area contributed by atoms with Crippen molar-refractivity contribution < 1.29 is 28.6 Å². The van der Waals surface area contributed by atoms with Gasteiger partial charge in [-0.25, -0.2) is 0 Å². The van der Waals surface area contributed by atoms with Gasteiger partial charge in [-0.15, -0.1) is 0 Å². The van der Waals surface area contributed by atoms with E-state index in [-0.39, 0.29) is 31.6 Å². The molecule has 182 valence electrons.